The fourth-order valence-electron chi connectivity index (χ4n) is 10.1. The molecule has 3 aliphatic rings. The van der Waals surface area contributed by atoms with Gasteiger partial charge in [-0.2, -0.15) is 0 Å². The van der Waals surface area contributed by atoms with Crippen molar-refractivity contribution in [2.24, 2.45) is 5.41 Å². The van der Waals surface area contributed by atoms with Gasteiger partial charge in [0, 0.05) is 63.9 Å². The molecule has 3 aromatic carbocycles. The van der Waals surface area contributed by atoms with Crippen LogP contribution in [0, 0.1) is 12.3 Å². The normalized spacial score (nSPS) is 17.2. The molecule has 0 radical (unpaired) electrons. The second-order valence-electron chi connectivity index (χ2n) is 22.8. The number of aromatic hydroxyl groups is 1. The SMILES string of the molecule is Cc1ncsc1-c1ccc(CNC(=O)[C@@H]2C[C@@H](O)CN2C(=O)[C@@H](NC(=O)C2(F)CC2)C(C)(C)C)c(OCC(=O)NCCCCCCCCNC(=O)COc2ccc3c(c2)[C@H](NC(=O)c2cc(-c4ccc(C(=O)N(C)C)c(O)c4)on2)CC3)c1. The molecule has 444 valence electrons. The highest BCUT2D eigenvalue weighted by molar-refractivity contribution is 7.13. The van der Waals surface area contributed by atoms with Crippen LogP contribution < -0.4 is 36.1 Å². The molecule has 7 N–H and O–H groups in total. The molecule has 83 heavy (non-hydrogen) atoms. The number of β-amino-alcohol motifs (C(OH)–C–C–N with tert-alkyl or cyclic N) is 1. The first-order valence-electron chi connectivity index (χ1n) is 28.1. The number of rotatable bonds is 26. The van der Waals surface area contributed by atoms with Gasteiger partial charge in [-0.05, 0) is 97.9 Å². The van der Waals surface area contributed by atoms with E-state index in [9.17, 15) is 48.2 Å². The molecule has 3 heterocycles. The molecule has 21 nitrogen and oxygen atoms in total. The van der Waals surface area contributed by atoms with Crippen LogP contribution in [-0.2, 0) is 36.9 Å². The summed E-state index contributed by atoms with van der Waals surface area (Å²) >= 11 is 1.46. The number of unbranched alkanes of at least 4 members (excludes halogenated alkanes) is 5. The summed E-state index contributed by atoms with van der Waals surface area (Å²) in [5, 5.41) is 39.3. The number of alkyl halides is 1. The number of phenols is 1. The summed E-state index contributed by atoms with van der Waals surface area (Å²) in [5.74, 6) is -2.44. The zero-order valence-electron chi connectivity index (χ0n) is 47.7. The highest BCUT2D eigenvalue weighted by Crippen LogP contribution is 2.41. The maximum atomic E-state index is 14.7. The van der Waals surface area contributed by atoms with Crippen LogP contribution in [0.3, 0.4) is 0 Å². The molecule has 1 saturated heterocycles. The average molecular weight is 1160 g/mol. The Morgan fingerprint density at radius 3 is 2.22 bits per heavy atom. The molecule has 1 aliphatic heterocycles. The third-order valence-corrected chi connectivity index (χ3v) is 16.0. The molecule has 2 aliphatic carbocycles. The van der Waals surface area contributed by atoms with Crippen LogP contribution in [0.4, 0.5) is 4.39 Å². The Labute approximate surface area is 485 Å². The Bertz CT molecular complexity index is 3190. The molecule has 2 fully saturated rings. The number of nitrogens with one attached hydrogen (secondary N) is 5. The monoisotopic (exact) mass is 1160 g/mol. The van der Waals surface area contributed by atoms with Crippen molar-refractivity contribution in [3.8, 4) is 39.0 Å². The van der Waals surface area contributed by atoms with E-state index in [1.54, 1.807) is 58.6 Å². The van der Waals surface area contributed by atoms with Crippen molar-refractivity contribution >= 4 is 52.7 Å². The number of carbonyl (C=O) groups is 7. The number of aryl methyl sites for hydroxylation is 2. The number of benzene rings is 3. The number of likely N-dealkylation sites (tertiary alicyclic amines) is 1. The first-order chi connectivity index (χ1) is 39.6. The number of carbonyl (C=O) groups excluding carboxylic acids is 7. The minimum atomic E-state index is -2.00. The van der Waals surface area contributed by atoms with E-state index >= 15 is 0 Å². The van der Waals surface area contributed by atoms with E-state index in [4.69, 9.17) is 14.0 Å². The van der Waals surface area contributed by atoms with Crippen molar-refractivity contribution in [2.45, 2.75) is 135 Å². The number of nitrogens with zero attached hydrogens (tertiary/aromatic N) is 4. The number of aliphatic hydroxyl groups is 1. The van der Waals surface area contributed by atoms with Crippen LogP contribution in [0.5, 0.6) is 17.2 Å². The second kappa shape index (κ2) is 27.0. The zero-order chi connectivity index (χ0) is 59.6. The molecule has 23 heteroatoms. The van der Waals surface area contributed by atoms with Gasteiger partial charge < -0.3 is 60.6 Å². The van der Waals surface area contributed by atoms with Gasteiger partial charge in [-0.3, -0.25) is 33.6 Å². The lowest BCUT2D eigenvalue weighted by molar-refractivity contribution is -0.145. The third-order valence-electron chi connectivity index (χ3n) is 15.0. The van der Waals surface area contributed by atoms with Crippen LogP contribution in [0.15, 0.2) is 70.7 Å². The Hall–Kier alpha value is -7.92. The van der Waals surface area contributed by atoms with E-state index in [0.717, 1.165) is 72.2 Å². The van der Waals surface area contributed by atoms with Gasteiger partial charge in [0.05, 0.1) is 33.8 Å². The second-order valence-corrected chi connectivity index (χ2v) is 23.6. The highest BCUT2D eigenvalue weighted by atomic mass is 32.1. The van der Waals surface area contributed by atoms with E-state index in [2.05, 4.69) is 36.7 Å². The van der Waals surface area contributed by atoms with Crippen molar-refractivity contribution in [3.63, 3.8) is 0 Å². The maximum Gasteiger partial charge on any atom is 0.273 e. The van der Waals surface area contributed by atoms with E-state index < -0.39 is 52.9 Å². The van der Waals surface area contributed by atoms with Crippen molar-refractivity contribution in [3.05, 3.63) is 99.8 Å². The molecular formula is C60H74FN9O12S. The van der Waals surface area contributed by atoms with E-state index in [0.29, 0.717) is 42.1 Å². The summed E-state index contributed by atoms with van der Waals surface area (Å²) in [6, 6.07) is 14.5. The summed E-state index contributed by atoms with van der Waals surface area (Å²) in [7, 11) is 3.17. The average Bonchev–Trinajstić information content (AvgIpc) is 4.19. The van der Waals surface area contributed by atoms with Gasteiger partial charge in [0.15, 0.2) is 30.3 Å². The van der Waals surface area contributed by atoms with Crippen molar-refractivity contribution < 1.29 is 62.2 Å². The summed E-state index contributed by atoms with van der Waals surface area (Å²) in [4.78, 5) is 99.6. The van der Waals surface area contributed by atoms with E-state index in [1.165, 1.54) is 39.3 Å². The quantitative estimate of drug-likeness (QED) is 0.0302. The fourth-order valence-corrected chi connectivity index (χ4v) is 10.9. The standard InChI is InChI=1S/C60H74FN9O12S/c1-35-52(83-34-65-35)38-13-14-39(30-64-55(76)46-27-40(71)31-70(46)57(78)53(59(2,3)4)67-58(79)60(61)21-22-60)48(26-38)81-33-51(74)63-24-12-10-8-7-9-11-23-62-50(73)32-80-41-18-15-36-17-20-44(43(36)28-41)66-54(75)45-29-49(82-68-45)37-16-19-42(47(72)25-37)56(77)69(5)6/h13-16,18-19,25-26,28-29,34,40,44,46,53,71-72H,7-12,17,20-24,27,30-33H2,1-6H3,(H,62,73)(H,63,74)(H,64,76)(H,66,75)(H,67,79)/t40-,44-,46+,53-/m1/s1. The number of aromatic nitrogens is 2. The number of fused-ring (bicyclic) bond motifs is 1. The summed E-state index contributed by atoms with van der Waals surface area (Å²) in [6.45, 7) is 7.45. The number of hydrogen-bond acceptors (Lipinski definition) is 15. The molecule has 0 bridgehead atoms. The lowest BCUT2D eigenvalue weighted by atomic mass is 9.85. The molecular weight excluding hydrogens is 1090 g/mol. The Kier molecular flexibility index (Phi) is 19.9. The van der Waals surface area contributed by atoms with Crippen LogP contribution in [0.25, 0.3) is 21.8 Å². The van der Waals surface area contributed by atoms with Crippen molar-refractivity contribution in [1.29, 1.82) is 0 Å². The van der Waals surface area contributed by atoms with Gasteiger partial charge in [-0.15, -0.1) is 11.3 Å². The number of halogens is 1. The van der Waals surface area contributed by atoms with Crippen LogP contribution >= 0.6 is 11.3 Å². The Morgan fingerprint density at radius 1 is 0.880 bits per heavy atom. The highest BCUT2D eigenvalue weighted by Gasteiger charge is 2.53. The van der Waals surface area contributed by atoms with Gasteiger partial charge in [0.2, 0.25) is 11.8 Å². The number of amides is 7. The molecule has 2 aromatic heterocycles. The fraction of sp³-hybridized carbons (Fsp3) is 0.483. The molecule has 1 saturated carbocycles. The lowest BCUT2D eigenvalue weighted by Gasteiger charge is -2.35. The third kappa shape index (κ3) is 15.8. The molecule has 0 spiro atoms. The van der Waals surface area contributed by atoms with Crippen LogP contribution in [-0.4, -0.2) is 142 Å². The number of hydrogen-bond donors (Lipinski definition) is 7. The smallest absolute Gasteiger partial charge is 0.273 e. The minimum Gasteiger partial charge on any atom is -0.507 e. The number of ether oxygens (including phenoxy) is 2. The Balaban J connectivity index is 0.713. The minimum absolute atomic E-state index is 0.0218. The number of phenolic OH excluding ortho intramolecular Hbond substituents is 1. The predicted molar refractivity (Wildman–Crippen MR) is 306 cm³/mol. The van der Waals surface area contributed by atoms with Gasteiger partial charge >= 0.3 is 0 Å². The molecule has 0 unspecified atom stereocenters. The van der Waals surface area contributed by atoms with Gasteiger partial charge in [0.1, 0.15) is 29.3 Å². The topological polar surface area (TPSA) is 284 Å². The van der Waals surface area contributed by atoms with E-state index in [1.807, 2.05) is 31.2 Å². The first kappa shape index (κ1) is 61.2. The maximum absolute atomic E-state index is 14.7. The van der Waals surface area contributed by atoms with E-state index in [-0.39, 0.29) is 92.1 Å². The van der Waals surface area contributed by atoms with Crippen LogP contribution in [0.2, 0.25) is 0 Å². The van der Waals surface area contributed by atoms with Gasteiger partial charge in [-0.1, -0.05) is 75.9 Å². The largest absolute Gasteiger partial charge is 0.507 e. The summed E-state index contributed by atoms with van der Waals surface area (Å²) < 4.78 is 32.0. The van der Waals surface area contributed by atoms with Gasteiger partial charge in [-0.25, -0.2) is 9.37 Å². The van der Waals surface area contributed by atoms with Crippen molar-refractivity contribution in [2.75, 3.05) is 46.9 Å². The molecule has 4 atom stereocenters. The Morgan fingerprint density at radius 2 is 1.57 bits per heavy atom. The van der Waals surface area contributed by atoms with Gasteiger partial charge in [0.25, 0.3) is 29.5 Å². The summed E-state index contributed by atoms with van der Waals surface area (Å²) in [6.07, 6.45) is 5.81. The molecule has 5 aromatic rings. The molecule has 8 rings (SSSR count). The predicted octanol–water partition coefficient (Wildman–Crippen LogP) is 6.24. The van der Waals surface area contributed by atoms with Crippen molar-refractivity contribution in [1.82, 2.24) is 46.5 Å². The summed E-state index contributed by atoms with van der Waals surface area (Å²) in [5.41, 5.74) is 3.71. The zero-order valence-corrected chi connectivity index (χ0v) is 48.5. The number of thiazole rings is 1. The number of aliphatic hydroxyl groups excluding tert-OH is 1. The van der Waals surface area contributed by atoms with Crippen LogP contribution in [0.1, 0.15) is 134 Å². The lowest BCUT2D eigenvalue weighted by Crippen LogP contribution is -2.59. The molecule has 7 amide bonds. The first-order valence-corrected chi connectivity index (χ1v) is 29.0.